The molecule has 0 radical (unpaired) electrons. The Hall–Kier alpha value is -2.24. The van der Waals surface area contributed by atoms with E-state index in [1.54, 1.807) is 6.07 Å². The van der Waals surface area contributed by atoms with Gasteiger partial charge in [-0.25, -0.2) is 5.26 Å². The van der Waals surface area contributed by atoms with Crippen LogP contribution in [0.2, 0.25) is 11.3 Å². The van der Waals surface area contributed by atoms with Crippen molar-refractivity contribution in [2.75, 3.05) is 0 Å². The Morgan fingerprint density at radius 3 is 2.77 bits per heavy atom. The van der Waals surface area contributed by atoms with Crippen LogP contribution in [-0.4, -0.2) is 16.5 Å². The summed E-state index contributed by atoms with van der Waals surface area (Å²) in [4.78, 5) is 0. The van der Waals surface area contributed by atoms with Gasteiger partial charge in [0.15, 0.2) is 0 Å². The van der Waals surface area contributed by atoms with Gasteiger partial charge in [-0.2, -0.15) is 10.4 Å². The van der Waals surface area contributed by atoms with E-state index in [9.17, 15) is 10.5 Å². The molecule has 1 spiro atoms. The van der Waals surface area contributed by atoms with Crippen LogP contribution < -0.4 is 0 Å². The fraction of sp³-hybridized carbons (Fsp3) is 0.312. The van der Waals surface area contributed by atoms with Crippen LogP contribution in [-0.2, 0) is 11.9 Å². The van der Waals surface area contributed by atoms with Crippen LogP contribution in [0.1, 0.15) is 24.1 Å². The van der Waals surface area contributed by atoms with Gasteiger partial charge in [-0.15, -0.1) is 0 Å². The van der Waals surface area contributed by atoms with Crippen LogP contribution in [0.25, 0.3) is 11.3 Å². The minimum absolute atomic E-state index is 0.0222. The molecule has 1 aliphatic heterocycles. The third kappa shape index (κ3) is 1.86. The average molecular weight is 307 g/mol. The van der Waals surface area contributed by atoms with Gasteiger partial charge in [-0.05, 0) is 37.6 Å². The third-order valence-corrected chi connectivity index (χ3v) is 4.95. The quantitative estimate of drug-likeness (QED) is 0.760. The summed E-state index contributed by atoms with van der Waals surface area (Å²) in [6.45, 7) is -0.0222. The second-order valence-electron chi connectivity index (χ2n) is 6.16. The summed E-state index contributed by atoms with van der Waals surface area (Å²) >= 11 is 6.07. The van der Waals surface area contributed by atoms with Gasteiger partial charge in [0.1, 0.15) is 17.3 Å². The molecule has 2 heterocycles. The van der Waals surface area contributed by atoms with Gasteiger partial charge in [0.25, 0.3) is 6.71 Å². The molecule has 1 saturated carbocycles. The zero-order valence-electron chi connectivity index (χ0n) is 11.9. The summed E-state index contributed by atoms with van der Waals surface area (Å²) in [5.41, 5.74) is 3.01. The molecule has 0 amide bonds. The topological polar surface area (TPSA) is 65.4 Å². The SMILES string of the molecule is N#CB1Cc2c(C#N)c(-c3cccc(Cl)c3)nn2C2(CC2)C1. The first-order valence-electron chi connectivity index (χ1n) is 7.35. The summed E-state index contributed by atoms with van der Waals surface area (Å²) in [6, 6.07) is 9.72. The van der Waals surface area contributed by atoms with Crippen LogP contribution in [0, 0.1) is 22.6 Å². The molecule has 6 heteroatoms. The number of fused-ring (bicyclic) bond motifs is 2. The first-order chi connectivity index (χ1) is 10.7. The van der Waals surface area contributed by atoms with Crippen molar-refractivity contribution in [2.45, 2.75) is 31.0 Å². The van der Waals surface area contributed by atoms with Crippen LogP contribution in [0.15, 0.2) is 24.3 Å². The molecule has 1 fully saturated rings. The van der Waals surface area contributed by atoms with Gasteiger partial charge >= 0.3 is 0 Å². The van der Waals surface area contributed by atoms with Crippen LogP contribution >= 0.6 is 11.6 Å². The number of nitriles is 2. The Morgan fingerprint density at radius 2 is 2.14 bits per heavy atom. The Labute approximate surface area is 134 Å². The third-order valence-electron chi connectivity index (χ3n) is 4.72. The zero-order valence-corrected chi connectivity index (χ0v) is 12.6. The lowest BCUT2D eigenvalue weighted by Crippen LogP contribution is -2.35. The Bertz CT molecular complexity index is 854. The first-order valence-corrected chi connectivity index (χ1v) is 7.73. The van der Waals surface area contributed by atoms with E-state index in [0.29, 0.717) is 22.6 Å². The van der Waals surface area contributed by atoms with Crippen LogP contribution in [0.3, 0.4) is 0 Å². The average Bonchev–Trinajstić information content (AvgIpc) is 3.18. The molecule has 22 heavy (non-hydrogen) atoms. The standard InChI is InChI=1S/C16H12BClN4/c18-12-3-1-2-11(6-12)15-13(8-19)14-7-17(10-20)9-16(4-5-16)22(14)21-15/h1-3,6H,4-5,7,9H2. The molecule has 0 unspecified atom stereocenters. The van der Waals surface area contributed by atoms with Crippen molar-refractivity contribution in [2.24, 2.45) is 0 Å². The van der Waals surface area contributed by atoms with Crippen LogP contribution in [0.5, 0.6) is 0 Å². The van der Waals surface area contributed by atoms with Gasteiger partial charge in [-0.1, -0.05) is 23.7 Å². The number of rotatable bonds is 1. The lowest BCUT2D eigenvalue weighted by Gasteiger charge is -2.25. The molecule has 1 aromatic heterocycles. The largest absolute Gasteiger partial charge is 0.276 e. The molecular weight excluding hydrogens is 294 g/mol. The number of hydrogen-bond acceptors (Lipinski definition) is 3. The maximum atomic E-state index is 9.62. The molecule has 0 bridgehead atoms. The first kappa shape index (κ1) is 13.4. The van der Waals surface area contributed by atoms with Crippen molar-refractivity contribution < 1.29 is 0 Å². The summed E-state index contributed by atoms with van der Waals surface area (Å²) in [5, 5.41) is 24.3. The minimum atomic E-state index is -0.0313. The molecule has 106 valence electrons. The van der Waals surface area contributed by atoms with Crippen molar-refractivity contribution in [3.63, 3.8) is 0 Å². The molecule has 2 aromatic rings. The van der Waals surface area contributed by atoms with E-state index >= 15 is 0 Å². The molecule has 0 N–H and O–H groups in total. The zero-order chi connectivity index (χ0) is 15.3. The van der Waals surface area contributed by atoms with E-state index in [-0.39, 0.29) is 12.3 Å². The highest BCUT2D eigenvalue weighted by Gasteiger charge is 2.52. The Balaban J connectivity index is 1.92. The van der Waals surface area contributed by atoms with E-state index in [1.165, 1.54) is 0 Å². The predicted molar refractivity (Wildman–Crippen MR) is 84.5 cm³/mol. The highest BCUT2D eigenvalue weighted by Crippen LogP contribution is 2.51. The Morgan fingerprint density at radius 1 is 1.32 bits per heavy atom. The van der Waals surface area contributed by atoms with Crippen LogP contribution in [0.4, 0.5) is 0 Å². The fourth-order valence-corrected chi connectivity index (χ4v) is 3.68. The van der Waals surface area contributed by atoms with Crippen molar-refractivity contribution >= 4 is 18.3 Å². The number of halogens is 1. The monoisotopic (exact) mass is 306 g/mol. The second-order valence-corrected chi connectivity index (χ2v) is 6.60. The van der Waals surface area contributed by atoms with Gasteiger partial charge in [0.05, 0.1) is 11.2 Å². The molecule has 0 atom stereocenters. The van der Waals surface area contributed by atoms with E-state index in [1.807, 2.05) is 22.9 Å². The molecule has 2 aliphatic rings. The smallest absolute Gasteiger partial charge is 0.263 e. The summed E-state index contributed by atoms with van der Waals surface area (Å²) in [5.74, 6) is 2.38. The van der Waals surface area contributed by atoms with Gasteiger partial charge in [0, 0.05) is 16.6 Å². The van der Waals surface area contributed by atoms with Crippen molar-refractivity contribution in [3.05, 3.63) is 40.5 Å². The van der Waals surface area contributed by atoms with E-state index in [0.717, 1.165) is 30.4 Å². The summed E-state index contributed by atoms with van der Waals surface area (Å²) < 4.78 is 2.02. The second kappa shape index (κ2) is 4.63. The van der Waals surface area contributed by atoms with E-state index in [4.69, 9.17) is 16.7 Å². The van der Waals surface area contributed by atoms with E-state index in [2.05, 4.69) is 12.0 Å². The number of benzene rings is 1. The number of nitrogens with zero attached hydrogens (tertiary/aromatic N) is 4. The van der Waals surface area contributed by atoms with Gasteiger partial charge in [-0.3, -0.25) is 4.68 Å². The van der Waals surface area contributed by atoms with Crippen molar-refractivity contribution in [1.82, 2.24) is 9.78 Å². The lowest BCUT2D eigenvalue weighted by atomic mass is 9.42. The normalized spacial score (nSPS) is 17.7. The van der Waals surface area contributed by atoms with Crippen molar-refractivity contribution in [1.29, 1.82) is 10.5 Å². The Kier molecular flexibility index (Phi) is 2.83. The molecule has 4 nitrogen and oxygen atoms in total. The number of hydrogen-bond donors (Lipinski definition) is 0. The van der Waals surface area contributed by atoms with E-state index < -0.39 is 0 Å². The molecule has 0 saturated heterocycles. The maximum absolute atomic E-state index is 9.62. The molecule has 1 aromatic carbocycles. The maximum Gasteiger partial charge on any atom is 0.276 e. The van der Waals surface area contributed by atoms with Gasteiger partial charge in [0.2, 0.25) is 0 Å². The van der Waals surface area contributed by atoms with Gasteiger partial charge < -0.3 is 0 Å². The highest BCUT2D eigenvalue weighted by atomic mass is 35.5. The fourth-order valence-electron chi connectivity index (χ4n) is 3.49. The number of aromatic nitrogens is 2. The molecule has 4 rings (SSSR count). The summed E-state index contributed by atoms with van der Waals surface area (Å²) in [6.07, 6.45) is 3.53. The molecule has 1 aliphatic carbocycles. The highest BCUT2D eigenvalue weighted by molar-refractivity contribution is 6.66. The minimum Gasteiger partial charge on any atom is -0.263 e. The summed E-state index contributed by atoms with van der Waals surface area (Å²) in [7, 11) is 0. The lowest BCUT2D eigenvalue weighted by molar-refractivity contribution is 0.444. The van der Waals surface area contributed by atoms with Crippen molar-refractivity contribution in [3.8, 4) is 23.3 Å². The predicted octanol–water partition coefficient (Wildman–Crippen LogP) is 3.22. The molecular formula is C16H12BClN4.